The maximum Gasteiger partial charge on any atom is 0.430 e. The molecule has 0 aliphatic carbocycles. The van der Waals surface area contributed by atoms with Gasteiger partial charge in [0.25, 0.3) is 5.60 Å². The summed E-state index contributed by atoms with van der Waals surface area (Å²) in [6.07, 6.45) is -14.0. The van der Waals surface area contributed by atoms with Crippen LogP contribution in [0.4, 0.5) is 35.5 Å². The minimum Gasteiger partial charge on any atom is -0.447 e. The number of hydrogen-bond donors (Lipinski definition) is 1. The van der Waals surface area contributed by atoms with Crippen molar-refractivity contribution in [2.24, 2.45) is 0 Å². The Labute approximate surface area is 207 Å². The van der Waals surface area contributed by atoms with Gasteiger partial charge < -0.3 is 14.7 Å². The lowest BCUT2D eigenvalue weighted by molar-refractivity contribution is -0.376. The molecule has 1 aliphatic rings. The standard InChI is InChI=1S/C23H22F7NO5S/c1-14(2)36-19(32)31-12-11-20(13-31,37(34,35)18-9-7-17(24)8-10-18)15-3-5-16(6-4-15)21(33,22(25,26)27)23(28,29)30/h3-10,14,33H,11-13H2,1-2H3. The van der Waals surface area contributed by atoms with Crippen LogP contribution >= 0.6 is 0 Å². The Morgan fingerprint density at radius 1 is 0.973 bits per heavy atom. The average Bonchev–Trinajstić information content (AvgIpc) is 3.24. The average molecular weight is 557 g/mol. The second kappa shape index (κ2) is 9.46. The van der Waals surface area contributed by atoms with E-state index in [1.54, 1.807) is 13.8 Å². The van der Waals surface area contributed by atoms with E-state index in [0.29, 0.717) is 12.1 Å². The molecule has 37 heavy (non-hydrogen) atoms. The summed E-state index contributed by atoms with van der Waals surface area (Å²) in [7, 11) is -4.49. The lowest BCUT2D eigenvalue weighted by atomic mass is 9.89. The zero-order valence-electron chi connectivity index (χ0n) is 19.4. The molecule has 14 heteroatoms. The van der Waals surface area contributed by atoms with Gasteiger partial charge in [0.1, 0.15) is 10.6 Å². The number of hydrogen-bond acceptors (Lipinski definition) is 5. The maximum atomic E-state index is 13.7. The Balaban J connectivity index is 2.16. The van der Waals surface area contributed by atoms with E-state index >= 15 is 0 Å². The van der Waals surface area contributed by atoms with Gasteiger partial charge in [-0.15, -0.1) is 0 Å². The summed E-state index contributed by atoms with van der Waals surface area (Å²) in [6, 6.07) is 5.81. The highest BCUT2D eigenvalue weighted by atomic mass is 32.2. The molecule has 0 aromatic heterocycles. The van der Waals surface area contributed by atoms with Crippen LogP contribution in [-0.4, -0.2) is 56.1 Å². The Hall–Kier alpha value is -2.87. The first-order valence-corrected chi connectivity index (χ1v) is 12.3. The van der Waals surface area contributed by atoms with Gasteiger partial charge in [-0.1, -0.05) is 24.3 Å². The van der Waals surface area contributed by atoms with Gasteiger partial charge in [0.05, 0.1) is 11.0 Å². The molecule has 1 N–H and O–H groups in total. The number of amides is 1. The zero-order valence-corrected chi connectivity index (χ0v) is 20.2. The number of rotatable bonds is 5. The largest absolute Gasteiger partial charge is 0.447 e. The van der Waals surface area contributed by atoms with Gasteiger partial charge in [0.15, 0.2) is 9.84 Å². The van der Waals surface area contributed by atoms with E-state index in [0.717, 1.165) is 41.3 Å². The normalized spacial score (nSPS) is 19.4. The first-order valence-electron chi connectivity index (χ1n) is 10.8. The van der Waals surface area contributed by atoms with Crippen molar-refractivity contribution in [2.75, 3.05) is 13.1 Å². The number of ether oxygens (including phenoxy) is 1. The van der Waals surface area contributed by atoms with Crippen LogP contribution in [0.1, 0.15) is 31.4 Å². The number of likely N-dealkylation sites (tertiary alicyclic amines) is 1. The van der Waals surface area contributed by atoms with E-state index in [4.69, 9.17) is 4.74 Å². The fourth-order valence-corrected chi connectivity index (χ4v) is 6.24. The third kappa shape index (κ3) is 4.88. The van der Waals surface area contributed by atoms with E-state index in [1.165, 1.54) is 0 Å². The topological polar surface area (TPSA) is 83.9 Å². The van der Waals surface area contributed by atoms with Crippen molar-refractivity contribution in [1.82, 2.24) is 4.90 Å². The molecule has 204 valence electrons. The summed E-state index contributed by atoms with van der Waals surface area (Å²) in [5, 5.41) is 9.67. The van der Waals surface area contributed by atoms with Crippen molar-refractivity contribution in [1.29, 1.82) is 0 Å². The lowest BCUT2D eigenvalue weighted by Gasteiger charge is -2.34. The van der Waals surface area contributed by atoms with Crippen LogP contribution in [0.5, 0.6) is 0 Å². The first-order chi connectivity index (χ1) is 16.9. The molecule has 1 fully saturated rings. The molecule has 1 atom stereocenters. The molecule has 1 saturated heterocycles. The molecule has 0 bridgehead atoms. The van der Waals surface area contributed by atoms with Crippen LogP contribution in [0, 0.1) is 5.82 Å². The smallest absolute Gasteiger partial charge is 0.430 e. The minimum absolute atomic E-state index is 0.164. The molecule has 1 unspecified atom stereocenters. The molecule has 2 aromatic carbocycles. The predicted octanol–water partition coefficient (Wildman–Crippen LogP) is 5.06. The molecule has 0 saturated carbocycles. The fourth-order valence-electron chi connectivity index (χ4n) is 4.17. The van der Waals surface area contributed by atoms with Crippen molar-refractivity contribution in [3.05, 3.63) is 65.5 Å². The molecule has 3 rings (SSSR count). The van der Waals surface area contributed by atoms with Gasteiger partial charge in [0.2, 0.25) is 0 Å². The molecule has 0 spiro atoms. The number of alkyl halides is 6. The lowest BCUT2D eigenvalue weighted by Crippen LogP contribution is -2.54. The summed E-state index contributed by atoms with van der Waals surface area (Å²) in [6.45, 7) is 2.40. The number of carbonyl (C=O) groups is 1. The van der Waals surface area contributed by atoms with Crippen LogP contribution < -0.4 is 0 Å². The number of halogens is 7. The predicted molar refractivity (Wildman–Crippen MR) is 116 cm³/mol. The Morgan fingerprint density at radius 3 is 1.95 bits per heavy atom. The minimum atomic E-state index is -6.13. The SMILES string of the molecule is CC(C)OC(=O)N1CCC(c2ccc(C(O)(C(F)(F)F)C(F)(F)F)cc2)(S(=O)(=O)c2ccc(F)cc2)C1. The molecule has 6 nitrogen and oxygen atoms in total. The van der Waals surface area contributed by atoms with E-state index in [2.05, 4.69) is 0 Å². The zero-order chi connectivity index (χ0) is 28.0. The van der Waals surface area contributed by atoms with Crippen molar-refractivity contribution in [3.8, 4) is 0 Å². The van der Waals surface area contributed by atoms with Gasteiger partial charge >= 0.3 is 18.4 Å². The van der Waals surface area contributed by atoms with E-state index in [1.807, 2.05) is 0 Å². The summed E-state index contributed by atoms with van der Waals surface area (Å²) >= 11 is 0. The second-order valence-electron chi connectivity index (χ2n) is 8.84. The summed E-state index contributed by atoms with van der Waals surface area (Å²) < 4.78 is 124. The van der Waals surface area contributed by atoms with Gasteiger partial charge in [-0.05, 0) is 50.1 Å². The summed E-state index contributed by atoms with van der Waals surface area (Å²) in [5.74, 6) is -0.746. The monoisotopic (exact) mass is 557 g/mol. The summed E-state index contributed by atoms with van der Waals surface area (Å²) in [5.41, 5.74) is -7.00. The Bertz CT molecular complexity index is 1230. The van der Waals surface area contributed by atoms with Crippen LogP contribution in [0.15, 0.2) is 53.4 Å². The van der Waals surface area contributed by atoms with E-state index in [9.17, 15) is 49.1 Å². The number of benzene rings is 2. The fraction of sp³-hybridized carbons (Fsp3) is 0.435. The number of nitrogens with zero attached hydrogens (tertiary/aromatic N) is 1. The van der Waals surface area contributed by atoms with Gasteiger partial charge in [0, 0.05) is 18.7 Å². The van der Waals surface area contributed by atoms with Crippen LogP contribution in [-0.2, 0) is 24.9 Å². The molecule has 1 amide bonds. The first kappa shape index (κ1) is 28.7. The van der Waals surface area contributed by atoms with Crippen LogP contribution in [0.2, 0.25) is 0 Å². The highest BCUT2D eigenvalue weighted by molar-refractivity contribution is 7.92. The highest BCUT2D eigenvalue weighted by Crippen LogP contribution is 2.51. The van der Waals surface area contributed by atoms with E-state index < -0.39 is 62.7 Å². The van der Waals surface area contributed by atoms with E-state index in [-0.39, 0.29) is 23.4 Å². The third-order valence-electron chi connectivity index (χ3n) is 6.11. The van der Waals surface area contributed by atoms with Crippen molar-refractivity contribution >= 4 is 15.9 Å². The maximum absolute atomic E-state index is 13.7. The van der Waals surface area contributed by atoms with Crippen LogP contribution in [0.25, 0.3) is 0 Å². The van der Waals surface area contributed by atoms with Crippen molar-refractivity contribution in [3.63, 3.8) is 0 Å². The Morgan fingerprint density at radius 2 is 1.49 bits per heavy atom. The van der Waals surface area contributed by atoms with Gasteiger partial charge in [-0.2, -0.15) is 26.3 Å². The Kier molecular flexibility index (Phi) is 7.34. The quantitative estimate of drug-likeness (QED) is 0.411. The van der Waals surface area contributed by atoms with Crippen molar-refractivity contribution in [2.45, 2.75) is 54.0 Å². The molecule has 0 radical (unpaired) electrons. The summed E-state index contributed by atoms with van der Waals surface area (Å²) in [4.78, 5) is 13.1. The van der Waals surface area contributed by atoms with Gasteiger partial charge in [-0.3, -0.25) is 0 Å². The number of carbonyl (C=O) groups excluding carboxylic acids is 1. The number of sulfone groups is 1. The molecular weight excluding hydrogens is 535 g/mol. The second-order valence-corrected chi connectivity index (χ2v) is 11.1. The van der Waals surface area contributed by atoms with Gasteiger partial charge in [-0.25, -0.2) is 17.6 Å². The molecule has 1 heterocycles. The van der Waals surface area contributed by atoms with Crippen molar-refractivity contribution < 1.29 is 53.8 Å². The molecule has 2 aromatic rings. The molecular formula is C23H22F7NO5S. The highest BCUT2D eigenvalue weighted by Gasteiger charge is 2.71. The van der Waals surface area contributed by atoms with Crippen LogP contribution in [0.3, 0.4) is 0 Å². The molecule has 1 aliphatic heterocycles. The number of aliphatic hydroxyl groups is 1. The third-order valence-corrected chi connectivity index (χ3v) is 8.60.